The Morgan fingerprint density at radius 2 is 1.76 bits per heavy atom. The number of hydrogen-bond acceptors (Lipinski definition) is 4. The topological polar surface area (TPSA) is 87.5 Å². The number of rotatable bonds is 7. The van der Waals surface area contributed by atoms with Gasteiger partial charge in [-0.25, -0.2) is 0 Å². The molecule has 0 spiro atoms. The molecule has 17 heavy (non-hydrogen) atoms. The van der Waals surface area contributed by atoms with Gasteiger partial charge in [-0.1, -0.05) is 12.2 Å². The summed E-state index contributed by atoms with van der Waals surface area (Å²) in [6, 6.07) is 0. The molecule has 0 unspecified atom stereocenters. The fourth-order valence-corrected chi connectivity index (χ4v) is 1.16. The van der Waals surface area contributed by atoms with E-state index in [1.807, 2.05) is 14.1 Å². The van der Waals surface area contributed by atoms with Crippen LogP contribution in [0.5, 0.6) is 0 Å². The first-order chi connectivity index (χ1) is 7.93. The molecule has 0 fully saturated rings. The maximum Gasteiger partial charge on any atom is 0.309 e. The summed E-state index contributed by atoms with van der Waals surface area (Å²) in [5, 5.41) is 4.84. The molecule has 0 aromatic rings. The predicted octanol–water partition coefficient (Wildman–Crippen LogP) is -1.15. The molecule has 0 aliphatic heterocycles. The van der Waals surface area contributed by atoms with E-state index in [1.165, 1.54) is 0 Å². The van der Waals surface area contributed by atoms with Gasteiger partial charge >= 0.3 is 11.8 Å². The van der Waals surface area contributed by atoms with Crippen LogP contribution in [0.1, 0.15) is 12.8 Å². The molecule has 0 aromatic carbocycles. The molecule has 0 aromatic heterocycles. The van der Waals surface area contributed by atoms with Gasteiger partial charge in [-0.2, -0.15) is 0 Å². The van der Waals surface area contributed by atoms with E-state index >= 15 is 0 Å². The Labute approximate surface area is 107 Å². The number of amides is 2. The highest BCUT2D eigenvalue weighted by Gasteiger charge is 2.11. The quantitative estimate of drug-likeness (QED) is 0.305. The van der Waals surface area contributed by atoms with E-state index in [9.17, 15) is 9.59 Å². The zero-order valence-electron chi connectivity index (χ0n) is 10.3. The summed E-state index contributed by atoms with van der Waals surface area (Å²) < 4.78 is 0. The second-order valence-corrected chi connectivity index (χ2v) is 4.44. The Kier molecular flexibility index (Phi) is 8.25. The highest BCUT2D eigenvalue weighted by atomic mass is 32.1. The summed E-state index contributed by atoms with van der Waals surface area (Å²) in [6.45, 7) is 1.50. The van der Waals surface area contributed by atoms with E-state index in [1.54, 1.807) is 0 Å². The molecule has 0 saturated carbocycles. The summed E-state index contributed by atoms with van der Waals surface area (Å²) >= 11 is 4.57. The lowest BCUT2D eigenvalue weighted by Crippen LogP contribution is -2.43. The normalized spacial score (nSPS) is 10.1. The first-order valence-corrected chi connectivity index (χ1v) is 5.83. The van der Waals surface area contributed by atoms with Gasteiger partial charge in [0.1, 0.15) is 0 Å². The third-order valence-electron chi connectivity index (χ3n) is 1.95. The van der Waals surface area contributed by atoms with E-state index < -0.39 is 11.8 Å². The zero-order chi connectivity index (χ0) is 13.3. The van der Waals surface area contributed by atoms with Crippen molar-refractivity contribution in [1.82, 2.24) is 15.5 Å². The van der Waals surface area contributed by atoms with Crippen molar-refractivity contribution in [2.45, 2.75) is 12.8 Å². The van der Waals surface area contributed by atoms with E-state index in [0.29, 0.717) is 6.54 Å². The summed E-state index contributed by atoms with van der Waals surface area (Å²) in [5.74, 6) is -1.35. The van der Waals surface area contributed by atoms with Gasteiger partial charge in [-0.15, -0.1) is 0 Å². The van der Waals surface area contributed by atoms with E-state index in [2.05, 4.69) is 27.8 Å². The van der Waals surface area contributed by atoms with Crippen molar-refractivity contribution in [3.63, 3.8) is 0 Å². The molecule has 0 saturated heterocycles. The number of carbonyl (C=O) groups is 2. The highest BCUT2D eigenvalue weighted by Crippen LogP contribution is 1.88. The van der Waals surface area contributed by atoms with Crippen LogP contribution < -0.4 is 16.4 Å². The summed E-state index contributed by atoms with van der Waals surface area (Å²) in [7, 11) is 3.98. The fourth-order valence-electron chi connectivity index (χ4n) is 1.08. The van der Waals surface area contributed by atoms with Gasteiger partial charge in [0.15, 0.2) is 0 Å². The minimum absolute atomic E-state index is 0.0439. The summed E-state index contributed by atoms with van der Waals surface area (Å²) in [4.78, 5) is 24.6. The van der Waals surface area contributed by atoms with Gasteiger partial charge in [-0.05, 0) is 33.5 Å². The van der Waals surface area contributed by atoms with Crippen molar-refractivity contribution in [1.29, 1.82) is 0 Å². The van der Waals surface area contributed by atoms with Crippen molar-refractivity contribution in [2.75, 3.05) is 33.7 Å². The fraction of sp³-hybridized carbons (Fsp3) is 0.700. The molecule has 4 N–H and O–H groups in total. The first-order valence-electron chi connectivity index (χ1n) is 5.42. The SMILES string of the molecule is CN(C)CCCCNC(=O)C(=O)NCC(N)=S. The maximum absolute atomic E-state index is 11.2. The largest absolute Gasteiger partial charge is 0.392 e. The Bertz CT molecular complexity index is 281. The second-order valence-electron chi connectivity index (χ2n) is 3.92. The first kappa shape index (κ1) is 15.8. The molecule has 0 aliphatic rings. The van der Waals surface area contributed by atoms with Crippen molar-refractivity contribution in [3.05, 3.63) is 0 Å². The van der Waals surface area contributed by atoms with Crippen LogP contribution in [-0.4, -0.2) is 55.4 Å². The van der Waals surface area contributed by atoms with Crippen LogP contribution in [0, 0.1) is 0 Å². The van der Waals surface area contributed by atoms with Gasteiger partial charge in [-0.3, -0.25) is 9.59 Å². The summed E-state index contributed by atoms with van der Waals surface area (Å²) in [5.41, 5.74) is 5.19. The molecule has 2 amide bonds. The van der Waals surface area contributed by atoms with Gasteiger partial charge < -0.3 is 21.3 Å². The van der Waals surface area contributed by atoms with E-state index in [-0.39, 0.29) is 11.5 Å². The standard InChI is InChI=1S/C10H20N4O2S/c1-14(2)6-4-3-5-12-9(15)10(16)13-7-8(11)17/h3-7H2,1-2H3,(H2,11,17)(H,12,15)(H,13,16). The number of carbonyl (C=O) groups excluding carboxylic acids is 2. The Hall–Kier alpha value is -1.21. The third-order valence-corrected chi connectivity index (χ3v) is 2.09. The van der Waals surface area contributed by atoms with E-state index in [0.717, 1.165) is 19.4 Å². The lowest BCUT2D eigenvalue weighted by Gasteiger charge is -2.09. The van der Waals surface area contributed by atoms with Gasteiger partial charge in [0.2, 0.25) is 0 Å². The Balaban J connectivity index is 3.57. The van der Waals surface area contributed by atoms with Gasteiger partial charge in [0.25, 0.3) is 0 Å². The van der Waals surface area contributed by atoms with Crippen LogP contribution in [0.2, 0.25) is 0 Å². The molecule has 0 heterocycles. The average Bonchev–Trinajstić information content (AvgIpc) is 2.24. The van der Waals surface area contributed by atoms with Crippen LogP contribution in [0.15, 0.2) is 0 Å². The maximum atomic E-state index is 11.2. The lowest BCUT2D eigenvalue weighted by molar-refractivity contribution is -0.139. The molecule has 0 bridgehead atoms. The molecular formula is C10H20N4O2S. The second kappa shape index (κ2) is 8.89. The predicted molar refractivity (Wildman–Crippen MR) is 70.6 cm³/mol. The van der Waals surface area contributed by atoms with Crippen LogP contribution in [-0.2, 0) is 9.59 Å². The van der Waals surface area contributed by atoms with Crippen LogP contribution in [0.25, 0.3) is 0 Å². The van der Waals surface area contributed by atoms with Crippen molar-refractivity contribution >= 4 is 29.0 Å². The molecule has 0 rings (SSSR count). The highest BCUT2D eigenvalue weighted by molar-refractivity contribution is 7.80. The van der Waals surface area contributed by atoms with E-state index in [4.69, 9.17) is 5.73 Å². The van der Waals surface area contributed by atoms with Crippen LogP contribution in [0.4, 0.5) is 0 Å². The third kappa shape index (κ3) is 9.70. The zero-order valence-corrected chi connectivity index (χ0v) is 11.1. The van der Waals surface area contributed by atoms with Crippen molar-refractivity contribution in [2.24, 2.45) is 5.73 Å². The molecule has 0 aliphatic carbocycles. The number of nitrogens with two attached hydrogens (primary N) is 1. The molecule has 7 heteroatoms. The number of nitrogens with zero attached hydrogens (tertiary/aromatic N) is 1. The molecular weight excluding hydrogens is 240 g/mol. The Morgan fingerprint density at radius 3 is 2.29 bits per heavy atom. The smallest absolute Gasteiger partial charge is 0.309 e. The van der Waals surface area contributed by atoms with Crippen molar-refractivity contribution < 1.29 is 9.59 Å². The van der Waals surface area contributed by atoms with Gasteiger partial charge in [0.05, 0.1) is 11.5 Å². The van der Waals surface area contributed by atoms with Crippen LogP contribution in [0.3, 0.4) is 0 Å². The van der Waals surface area contributed by atoms with Crippen molar-refractivity contribution in [3.8, 4) is 0 Å². The number of unbranched alkanes of at least 4 members (excludes halogenated alkanes) is 1. The van der Waals surface area contributed by atoms with Crippen LogP contribution >= 0.6 is 12.2 Å². The molecule has 0 radical (unpaired) electrons. The average molecular weight is 260 g/mol. The number of nitrogens with one attached hydrogen (secondary N) is 2. The minimum Gasteiger partial charge on any atom is -0.392 e. The molecule has 6 nitrogen and oxygen atoms in total. The monoisotopic (exact) mass is 260 g/mol. The number of thiocarbonyl (C=S) groups is 1. The Morgan fingerprint density at radius 1 is 1.18 bits per heavy atom. The lowest BCUT2D eigenvalue weighted by atomic mass is 10.3. The molecule has 98 valence electrons. The minimum atomic E-state index is -0.703. The van der Waals surface area contributed by atoms with Gasteiger partial charge in [0, 0.05) is 6.54 Å². The summed E-state index contributed by atoms with van der Waals surface area (Å²) in [6.07, 6.45) is 1.81. The molecule has 0 atom stereocenters. The number of hydrogen-bond donors (Lipinski definition) is 3.